The maximum atomic E-state index is 9.86. The van der Waals surface area contributed by atoms with Gasteiger partial charge in [-0.1, -0.05) is 20.3 Å². The second kappa shape index (κ2) is 4.50. The van der Waals surface area contributed by atoms with Crippen LogP contribution in [-0.2, 0) is 12.8 Å². The summed E-state index contributed by atoms with van der Waals surface area (Å²) >= 11 is 0. The molecule has 78 valence electrons. The summed E-state index contributed by atoms with van der Waals surface area (Å²) in [7, 11) is 0. The van der Waals surface area contributed by atoms with E-state index in [1.807, 2.05) is 6.07 Å². The van der Waals surface area contributed by atoms with Gasteiger partial charge in [-0.25, -0.2) is 0 Å². The van der Waals surface area contributed by atoms with E-state index in [0.717, 1.165) is 24.8 Å². The third kappa shape index (κ3) is 1.92. The fourth-order valence-corrected chi connectivity index (χ4v) is 2.03. The Morgan fingerprint density at radius 1 is 1.14 bits per heavy atom. The lowest BCUT2D eigenvalue weighted by molar-refractivity contribution is 0.465. The van der Waals surface area contributed by atoms with Gasteiger partial charge in [-0.3, -0.25) is 0 Å². The van der Waals surface area contributed by atoms with E-state index in [0.29, 0.717) is 5.75 Å². The molecule has 0 aliphatic heterocycles. The van der Waals surface area contributed by atoms with Gasteiger partial charge in [0.25, 0.3) is 0 Å². The minimum absolute atomic E-state index is 0.479. The summed E-state index contributed by atoms with van der Waals surface area (Å²) in [5.74, 6) is 0.479. The second-order valence-corrected chi connectivity index (χ2v) is 3.90. The molecule has 1 nitrogen and oxygen atoms in total. The molecule has 0 aromatic heterocycles. The molecule has 1 aromatic rings. The highest BCUT2D eigenvalue weighted by Crippen LogP contribution is 2.28. The Kier molecular flexibility index (Phi) is 3.56. The lowest BCUT2D eigenvalue weighted by atomic mass is 9.92. The molecule has 1 N–H and O–H groups in total. The van der Waals surface area contributed by atoms with Crippen LogP contribution in [-0.4, -0.2) is 5.11 Å². The highest BCUT2D eigenvalue weighted by atomic mass is 16.3. The van der Waals surface area contributed by atoms with Gasteiger partial charge in [0.1, 0.15) is 5.75 Å². The lowest BCUT2D eigenvalue weighted by Crippen LogP contribution is -1.99. The SMILES string of the molecule is CCCc1c(O)cc(C)c(C)c1CC. The molecule has 0 bridgehead atoms. The first kappa shape index (κ1) is 11.1. The van der Waals surface area contributed by atoms with Gasteiger partial charge in [0.2, 0.25) is 0 Å². The topological polar surface area (TPSA) is 20.2 Å². The van der Waals surface area contributed by atoms with Gasteiger partial charge in [-0.05, 0) is 55.0 Å². The van der Waals surface area contributed by atoms with Gasteiger partial charge in [0.15, 0.2) is 0 Å². The van der Waals surface area contributed by atoms with Crippen molar-refractivity contribution in [1.29, 1.82) is 0 Å². The summed E-state index contributed by atoms with van der Waals surface area (Å²) in [6.07, 6.45) is 3.08. The largest absolute Gasteiger partial charge is 0.508 e. The fourth-order valence-electron chi connectivity index (χ4n) is 2.03. The van der Waals surface area contributed by atoms with Crippen molar-refractivity contribution in [3.8, 4) is 5.75 Å². The van der Waals surface area contributed by atoms with Crippen molar-refractivity contribution < 1.29 is 5.11 Å². The van der Waals surface area contributed by atoms with Crippen LogP contribution in [0.15, 0.2) is 6.07 Å². The van der Waals surface area contributed by atoms with Crippen LogP contribution in [0, 0.1) is 13.8 Å². The minimum atomic E-state index is 0.479. The molecule has 0 atom stereocenters. The van der Waals surface area contributed by atoms with E-state index in [1.165, 1.54) is 16.7 Å². The van der Waals surface area contributed by atoms with Crippen molar-refractivity contribution in [2.45, 2.75) is 47.0 Å². The highest BCUT2D eigenvalue weighted by Gasteiger charge is 2.10. The zero-order chi connectivity index (χ0) is 10.7. The number of hydrogen-bond donors (Lipinski definition) is 1. The lowest BCUT2D eigenvalue weighted by Gasteiger charge is -2.14. The predicted molar refractivity (Wildman–Crippen MR) is 61.0 cm³/mol. The first-order valence-electron chi connectivity index (χ1n) is 5.42. The van der Waals surface area contributed by atoms with E-state index in [-0.39, 0.29) is 0 Å². The summed E-state index contributed by atoms with van der Waals surface area (Å²) in [6.45, 7) is 8.51. The van der Waals surface area contributed by atoms with Crippen molar-refractivity contribution in [2.75, 3.05) is 0 Å². The van der Waals surface area contributed by atoms with Crippen LogP contribution in [0.4, 0.5) is 0 Å². The summed E-state index contributed by atoms with van der Waals surface area (Å²) < 4.78 is 0. The van der Waals surface area contributed by atoms with Gasteiger partial charge in [-0.2, -0.15) is 0 Å². The van der Waals surface area contributed by atoms with Gasteiger partial charge < -0.3 is 5.11 Å². The number of phenolic OH excluding ortho intramolecular Hbond substituents is 1. The van der Waals surface area contributed by atoms with Crippen molar-refractivity contribution in [2.24, 2.45) is 0 Å². The van der Waals surface area contributed by atoms with E-state index >= 15 is 0 Å². The predicted octanol–water partition coefficient (Wildman–Crippen LogP) is 3.52. The molecule has 0 aliphatic rings. The monoisotopic (exact) mass is 192 g/mol. The average molecular weight is 192 g/mol. The first-order valence-corrected chi connectivity index (χ1v) is 5.42. The van der Waals surface area contributed by atoms with Crippen LogP contribution in [0.25, 0.3) is 0 Å². The molecule has 1 heteroatoms. The van der Waals surface area contributed by atoms with Crippen LogP contribution >= 0.6 is 0 Å². The quantitative estimate of drug-likeness (QED) is 0.776. The van der Waals surface area contributed by atoms with Crippen LogP contribution in [0.5, 0.6) is 5.75 Å². The summed E-state index contributed by atoms with van der Waals surface area (Å²) in [6, 6.07) is 1.89. The van der Waals surface area contributed by atoms with Gasteiger partial charge >= 0.3 is 0 Å². The van der Waals surface area contributed by atoms with Crippen LogP contribution in [0.3, 0.4) is 0 Å². The maximum Gasteiger partial charge on any atom is 0.119 e. The molecule has 0 heterocycles. The molecule has 0 aliphatic carbocycles. The standard InChI is InChI=1S/C13H20O/c1-5-7-12-11(6-2)10(4)9(3)8-13(12)14/h8,14H,5-7H2,1-4H3. The van der Waals surface area contributed by atoms with Gasteiger partial charge in [-0.15, -0.1) is 0 Å². The molecular formula is C13H20O. The third-order valence-electron chi connectivity index (χ3n) is 2.92. The van der Waals surface area contributed by atoms with Crippen molar-refractivity contribution >= 4 is 0 Å². The Labute approximate surface area is 86.8 Å². The number of aromatic hydroxyl groups is 1. The summed E-state index contributed by atoms with van der Waals surface area (Å²) in [5.41, 5.74) is 5.02. The van der Waals surface area contributed by atoms with Gasteiger partial charge in [0.05, 0.1) is 0 Å². The number of hydrogen-bond acceptors (Lipinski definition) is 1. The molecule has 0 spiro atoms. The minimum Gasteiger partial charge on any atom is -0.508 e. The molecule has 1 aromatic carbocycles. The van der Waals surface area contributed by atoms with E-state index in [4.69, 9.17) is 0 Å². The van der Waals surface area contributed by atoms with Crippen molar-refractivity contribution in [3.63, 3.8) is 0 Å². The zero-order valence-corrected chi connectivity index (χ0v) is 9.65. The van der Waals surface area contributed by atoms with Crippen molar-refractivity contribution in [1.82, 2.24) is 0 Å². The molecule has 0 amide bonds. The van der Waals surface area contributed by atoms with Gasteiger partial charge in [0, 0.05) is 0 Å². The molecule has 0 fully saturated rings. The number of rotatable bonds is 3. The third-order valence-corrected chi connectivity index (χ3v) is 2.92. The van der Waals surface area contributed by atoms with Crippen LogP contribution in [0.2, 0.25) is 0 Å². The van der Waals surface area contributed by atoms with Crippen LogP contribution < -0.4 is 0 Å². The molecule has 1 rings (SSSR count). The fraction of sp³-hybridized carbons (Fsp3) is 0.538. The average Bonchev–Trinajstić information content (AvgIpc) is 2.15. The Bertz CT molecular complexity index is 326. The Morgan fingerprint density at radius 2 is 1.79 bits per heavy atom. The highest BCUT2D eigenvalue weighted by molar-refractivity contribution is 5.48. The normalized spacial score (nSPS) is 10.6. The van der Waals surface area contributed by atoms with E-state index in [2.05, 4.69) is 27.7 Å². The number of benzene rings is 1. The van der Waals surface area contributed by atoms with E-state index in [1.54, 1.807) is 0 Å². The Hall–Kier alpha value is -0.980. The maximum absolute atomic E-state index is 9.86. The second-order valence-electron chi connectivity index (χ2n) is 3.90. The molecule has 0 saturated heterocycles. The Morgan fingerprint density at radius 3 is 2.29 bits per heavy atom. The molecule has 14 heavy (non-hydrogen) atoms. The van der Waals surface area contributed by atoms with E-state index < -0.39 is 0 Å². The molecule has 0 saturated carbocycles. The number of aryl methyl sites for hydroxylation is 1. The first-order chi connectivity index (χ1) is 6.61. The Balaban J connectivity index is 3.31. The zero-order valence-electron chi connectivity index (χ0n) is 9.65. The van der Waals surface area contributed by atoms with Crippen LogP contribution in [0.1, 0.15) is 42.5 Å². The number of phenols is 1. The smallest absolute Gasteiger partial charge is 0.119 e. The summed E-state index contributed by atoms with van der Waals surface area (Å²) in [5, 5.41) is 9.86. The van der Waals surface area contributed by atoms with Crippen molar-refractivity contribution in [3.05, 3.63) is 28.3 Å². The molecule has 0 unspecified atom stereocenters. The molecule has 0 radical (unpaired) electrons. The summed E-state index contributed by atoms with van der Waals surface area (Å²) in [4.78, 5) is 0. The molecular weight excluding hydrogens is 172 g/mol. The van der Waals surface area contributed by atoms with E-state index in [9.17, 15) is 5.11 Å².